The summed E-state index contributed by atoms with van der Waals surface area (Å²) in [5, 5.41) is 10.3. The second kappa shape index (κ2) is 5.90. The summed E-state index contributed by atoms with van der Waals surface area (Å²) < 4.78 is 0. The topological polar surface area (TPSA) is 56.3 Å². The van der Waals surface area contributed by atoms with Gasteiger partial charge in [-0.1, -0.05) is 12.1 Å². The standard InChI is InChI=1S/C17H22N2O2/c1-12-3-2-4-15-17(12)14(10-18-15)9-16(21)19-7-5-13(11-20)6-8-19/h2-4,10,13,18,20H,5-9,11H2,1H3. The van der Waals surface area contributed by atoms with Gasteiger partial charge in [0.25, 0.3) is 0 Å². The Kier molecular flexibility index (Phi) is 3.97. The molecule has 1 fully saturated rings. The van der Waals surface area contributed by atoms with Crippen LogP contribution in [0.25, 0.3) is 10.9 Å². The van der Waals surface area contributed by atoms with Gasteiger partial charge < -0.3 is 15.0 Å². The predicted octanol–water partition coefficient (Wildman–Crippen LogP) is 2.25. The summed E-state index contributed by atoms with van der Waals surface area (Å²) in [5.41, 5.74) is 3.38. The van der Waals surface area contributed by atoms with E-state index in [1.165, 1.54) is 10.9 Å². The average molecular weight is 286 g/mol. The molecule has 1 aromatic heterocycles. The molecule has 0 spiro atoms. The predicted molar refractivity (Wildman–Crippen MR) is 83.1 cm³/mol. The minimum absolute atomic E-state index is 0.190. The number of nitrogens with zero attached hydrogens (tertiary/aromatic N) is 1. The number of H-pyrrole nitrogens is 1. The number of carbonyl (C=O) groups is 1. The van der Waals surface area contributed by atoms with Crippen LogP contribution in [0.4, 0.5) is 0 Å². The van der Waals surface area contributed by atoms with Crippen molar-refractivity contribution < 1.29 is 9.90 Å². The number of hydrogen-bond donors (Lipinski definition) is 2. The number of aromatic nitrogens is 1. The van der Waals surface area contributed by atoms with Gasteiger partial charge >= 0.3 is 0 Å². The van der Waals surface area contributed by atoms with Crippen molar-refractivity contribution in [3.63, 3.8) is 0 Å². The van der Waals surface area contributed by atoms with E-state index in [4.69, 9.17) is 5.11 Å². The van der Waals surface area contributed by atoms with Crippen LogP contribution in [-0.4, -0.2) is 40.6 Å². The third kappa shape index (κ3) is 2.81. The summed E-state index contributed by atoms with van der Waals surface area (Å²) in [5.74, 6) is 0.555. The summed E-state index contributed by atoms with van der Waals surface area (Å²) in [6.07, 6.45) is 4.23. The van der Waals surface area contributed by atoms with Gasteiger partial charge in [0.05, 0.1) is 6.42 Å². The van der Waals surface area contributed by atoms with Gasteiger partial charge in [-0.25, -0.2) is 0 Å². The van der Waals surface area contributed by atoms with Crippen molar-refractivity contribution in [2.24, 2.45) is 5.92 Å². The SMILES string of the molecule is Cc1cccc2[nH]cc(CC(=O)N3CCC(CO)CC3)c12. The first-order valence-corrected chi connectivity index (χ1v) is 7.63. The van der Waals surface area contributed by atoms with Crippen molar-refractivity contribution >= 4 is 16.8 Å². The number of hydrogen-bond acceptors (Lipinski definition) is 2. The molecule has 4 heteroatoms. The highest BCUT2D eigenvalue weighted by atomic mass is 16.3. The van der Waals surface area contributed by atoms with Crippen LogP contribution in [-0.2, 0) is 11.2 Å². The molecule has 1 aromatic carbocycles. The molecule has 3 rings (SSSR count). The Labute approximate surface area is 124 Å². The van der Waals surface area contributed by atoms with E-state index >= 15 is 0 Å². The molecule has 0 radical (unpaired) electrons. The number of rotatable bonds is 3. The Morgan fingerprint density at radius 2 is 2.14 bits per heavy atom. The van der Waals surface area contributed by atoms with Crippen molar-refractivity contribution in [1.29, 1.82) is 0 Å². The molecule has 0 bridgehead atoms. The third-order valence-electron chi connectivity index (χ3n) is 4.56. The highest BCUT2D eigenvalue weighted by molar-refractivity contribution is 5.91. The molecule has 2 heterocycles. The number of aryl methyl sites for hydroxylation is 1. The zero-order valence-corrected chi connectivity index (χ0v) is 12.4. The Morgan fingerprint density at radius 1 is 1.38 bits per heavy atom. The van der Waals surface area contributed by atoms with Gasteiger partial charge in [0.1, 0.15) is 0 Å². The Morgan fingerprint density at radius 3 is 2.86 bits per heavy atom. The second-order valence-corrected chi connectivity index (χ2v) is 5.99. The number of carbonyl (C=O) groups excluding carboxylic acids is 1. The summed E-state index contributed by atoms with van der Waals surface area (Å²) in [6, 6.07) is 6.15. The van der Waals surface area contributed by atoms with Gasteiger partial charge in [-0.05, 0) is 42.9 Å². The first kappa shape index (κ1) is 14.1. The number of aliphatic hydroxyl groups is 1. The molecule has 1 saturated heterocycles. The second-order valence-electron chi connectivity index (χ2n) is 5.99. The third-order valence-corrected chi connectivity index (χ3v) is 4.56. The maximum atomic E-state index is 12.5. The van der Waals surface area contributed by atoms with Crippen LogP contribution in [0.3, 0.4) is 0 Å². The van der Waals surface area contributed by atoms with E-state index in [1.807, 2.05) is 23.2 Å². The smallest absolute Gasteiger partial charge is 0.227 e. The fraction of sp³-hybridized carbons (Fsp3) is 0.471. The number of aromatic amines is 1. The van der Waals surface area contributed by atoms with E-state index in [-0.39, 0.29) is 12.5 Å². The van der Waals surface area contributed by atoms with Crippen molar-refractivity contribution in [1.82, 2.24) is 9.88 Å². The van der Waals surface area contributed by atoms with Gasteiger partial charge in [-0.3, -0.25) is 4.79 Å². The first-order valence-electron chi connectivity index (χ1n) is 7.63. The number of fused-ring (bicyclic) bond motifs is 1. The highest BCUT2D eigenvalue weighted by Gasteiger charge is 2.23. The lowest BCUT2D eigenvalue weighted by molar-refractivity contribution is -0.132. The number of amides is 1. The quantitative estimate of drug-likeness (QED) is 0.909. The fourth-order valence-electron chi connectivity index (χ4n) is 3.23. The van der Waals surface area contributed by atoms with E-state index in [2.05, 4.69) is 18.0 Å². The van der Waals surface area contributed by atoms with Gasteiger partial charge in [-0.15, -0.1) is 0 Å². The summed E-state index contributed by atoms with van der Waals surface area (Å²) >= 11 is 0. The van der Waals surface area contributed by atoms with Crippen molar-refractivity contribution in [2.45, 2.75) is 26.2 Å². The largest absolute Gasteiger partial charge is 0.396 e. The molecule has 2 aromatic rings. The Bertz CT molecular complexity index is 639. The lowest BCUT2D eigenvalue weighted by Gasteiger charge is -2.31. The van der Waals surface area contributed by atoms with Crippen LogP contribution in [0.5, 0.6) is 0 Å². The average Bonchev–Trinajstić information content (AvgIpc) is 2.92. The van der Waals surface area contributed by atoms with Crippen LogP contribution in [0, 0.1) is 12.8 Å². The maximum Gasteiger partial charge on any atom is 0.227 e. The Hall–Kier alpha value is -1.81. The number of nitrogens with one attached hydrogen (secondary N) is 1. The first-order chi connectivity index (χ1) is 10.2. The molecule has 21 heavy (non-hydrogen) atoms. The normalized spacial score (nSPS) is 16.6. The molecule has 4 nitrogen and oxygen atoms in total. The van der Waals surface area contributed by atoms with E-state index < -0.39 is 0 Å². The number of aliphatic hydroxyl groups excluding tert-OH is 1. The molecular formula is C17H22N2O2. The van der Waals surface area contributed by atoms with Crippen LogP contribution in [0.2, 0.25) is 0 Å². The van der Waals surface area contributed by atoms with E-state index in [0.717, 1.165) is 37.0 Å². The summed E-state index contributed by atoms with van der Waals surface area (Å²) in [6.45, 7) is 3.86. The molecule has 0 saturated carbocycles. The molecular weight excluding hydrogens is 264 g/mol. The van der Waals surface area contributed by atoms with Crippen molar-refractivity contribution in [3.8, 4) is 0 Å². The maximum absolute atomic E-state index is 12.5. The number of benzene rings is 1. The molecule has 0 aliphatic carbocycles. The molecule has 1 aliphatic rings. The van der Waals surface area contributed by atoms with Crippen LogP contribution in [0.15, 0.2) is 24.4 Å². The lowest BCUT2D eigenvalue weighted by Crippen LogP contribution is -2.40. The van der Waals surface area contributed by atoms with E-state index in [9.17, 15) is 4.79 Å². The van der Waals surface area contributed by atoms with E-state index in [1.54, 1.807) is 0 Å². The zero-order chi connectivity index (χ0) is 14.8. The van der Waals surface area contributed by atoms with Crippen LogP contribution >= 0.6 is 0 Å². The monoisotopic (exact) mass is 286 g/mol. The molecule has 0 unspecified atom stereocenters. The van der Waals surface area contributed by atoms with E-state index in [0.29, 0.717) is 12.3 Å². The molecule has 1 amide bonds. The van der Waals surface area contributed by atoms with Crippen molar-refractivity contribution in [3.05, 3.63) is 35.5 Å². The highest BCUT2D eigenvalue weighted by Crippen LogP contribution is 2.24. The molecule has 0 atom stereocenters. The number of piperidine rings is 1. The van der Waals surface area contributed by atoms with Gasteiger partial charge in [-0.2, -0.15) is 0 Å². The summed E-state index contributed by atoms with van der Waals surface area (Å²) in [4.78, 5) is 17.6. The minimum Gasteiger partial charge on any atom is -0.396 e. The Balaban J connectivity index is 1.72. The van der Waals surface area contributed by atoms with Gasteiger partial charge in [0, 0.05) is 36.8 Å². The van der Waals surface area contributed by atoms with Crippen LogP contribution < -0.4 is 0 Å². The molecule has 1 aliphatic heterocycles. The zero-order valence-electron chi connectivity index (χ0n) is 12.4. The fourth-order valence-corrected chi connectivity index (χ4v) is 3.23. The molecule has 2 N–H and O–H groups in total. The van der Waals surface area contributed by atoms with Gasteiger partial charge in [0.2, 0.25) is 5.91 Å². The van der Waals surface area contributed by atoms with Crippen molar-refractivity contribution in [2.75, 3.05) is 19.7 Å². The summed E-state index contributed by atoms with van der Waals surface area (Å²) in [7, 11) is 0. The minimum atomic E-state index is 0.190. The van der Waals surface area contributed by atoms with Crippen LogP contribution in [0.1, 0.15) is 24.0 Å². The number of likely N-dealkylation sites (tertiary alicyclic amines) is 1. The molecule has 112 valence electrons. The lowest BCUT2D eigenvalue weighted by atomic mass is 9.97. The van der Waals surface area contributed by atoms with Gasteiger partial charge in [0.15, 0.2) is 0 Å².